The molecule has 0 aliphatic rings. The Morgan fingerprint density at radius 1 is 1.06 bits per heavy atom. The molecular formula is C21H15BrClN3O7S. The Hall–Kier alpha value is -3.48. The van der Waals surface area contributed by atoms with Crippen molar-refractivity contribution >= 4 is 66.5 Å². The van der Waals surface area contributed by atoms with E-state index in [1.807, 2.05) is 0 Å². The SMILES string of the molecule is O=C(Nc1ccc(Br)cc1C(=O)O)c1cc([N+](=O)[O-])cc(S(=O)(=O)Nc2ccc(CCl)cc2)c1. The summed E-state index contributed by atoms with van der Waals surface area (Å²) in [5.41, 5.74) is -0.358. The van der Waals surface area contributed by atoms with Gasteiger partial charge < -0.3 is 10.4 Å². The fraction of sp³-hybridized carbons (Fsp3) is 0.0476. The van der Waals surface area contributed by atoms with Crippen molar-refractivity contribution in [2.24, 2.45) is 0 Å². The average Bonchev–Trinajstić information content (AvgIpc) is 2.80. The number of alkyl halides is 1. The van der Waals surface area contributed by atoms with Gasteiger partial charge in [-0.15, -0.1) is 11.6 Å². The summed E-state index contributed by atoms with van der Waals surface area (Å²) in [5.74, 6) is -2.02. The third-order valence-corrected chi connectivity index (χ3v) is 6.66. The molecule has 176 valence electrons. The van der Waals surface area contributed by atoms with Gasteiger partial charge in [0.1, 0.15) is 0 Å². The van der Waals surface area contributed by atoms with Gasteiger partial charge in [0.25, 0.3) is 21.6 Å². The maximum Gasteiger partial charge on any atom is 0.337 e. The van der Waals surface area contributed by atoms with Crippen LogP contribution in [0.3, 0.4) is 0 Å². The van der Waals surface area contributed by atoms with Gasteiger partial charge in [0, 0.05) is 33.7 Å². The van der Waals surface area contributed by atoms with Crippen LogP contribution in [0.25, 0.3) is 0 Å². The first-order valence-corrected chi connectivity index (χ1v) is 12.1. The Morgan fingerprint density at radius 2 is 1.74 bits per heavy atom. The molecule has 0 radical (unpaired) electrons. The van der Waals surface area contributed by atoms with Crippen LogP contribution >= 0.6 is 27.5 Å². The summed E-state index contributed by atoms with van der Waals surface area (Å²) >= 11 is 8.86. The number of carboxylic acid groups (broad SMARTS) is 1. The number of hydrogen-bond donors (Lipinski definition) is 3. The molecule has 34 heavy (non-hydrogen) atoms. The minimum Gasteiger partial charge on any atom is -0.478 e. The molecule has 0 atom stereocenters. The zero-order chi connectivity index (χ0) is 25.0. The second-order valence-electron chi connectivity index (χ2n) is 6.86. The van der Waals surface area contributed by atoms with E-state index >= 15 is 0 Å². The van der Waals surface area contributed by atoms with Crippen LogP contribution in [0.5, 0.6) is 0 Å². The minimum absolute atomic E-state index is 0.0749. The van der Waals surface area contributed by atoms with E-state index in [4.69, 9.17) is 11.6 Å². The number of halogens is 2. The Morgan fingerprint density at radius 3 is 2.32 bits per heavy atom. The molecule has 10 nitrogen and oxygen atoms in total. The topological polar surface area (TPSA) is 156 Å². The highest BCUT2D eigenvalue weighted by Crippen LogP contribution is 2.26. The summed E-state index contributed by atoms with van der Waals surface area (Å²) in [6.45, 7) is 0. The molecule has 0 bridgehead atoms. The maximum atomic E-state index is 12.9. The summed E-state index contributed by atoms with van der Waals surface area (Å²) in [5, 5.41) is 23.1. The summed E-state index contributed by atoms with van der Waals surface area (Å²) in [6.07, 6.45) is 0. The van der Waals surface area contributed by atoms with Gasteiger partial charge in [0.15, 0.2) is 0 Å². The minimum atomic E-state index is -4.31. The normalized spacial score (nSPS) is 11.0. The number of carbonyl (C=O) groups excluding carboxylic acids is 1. The van der Waals surface area contributed by atoms with Crippen molar-refractivity contribution in [3.8, 4) is 0 Å². The third kappa shape index (κ3) is 5.90. The smallest absolute Gasteiger partial charge is 0.337 e. The lowest BCUT2D eigenvalue weighted by Crippen LogP contribution is -2.17. The van der Waals surface area contributed by atoms with Crippen molar-refractivity contribution in [1.29, 1.82) is 0 Å². The first-order chi connectivity index (χ1) is 16.0. The van der Waals surface area contributed by atoms with E-state index in [2.05, 4.69) is 26.0 Å². The van der Waals surface area contributed by atoms with Crippen LogP contribution < -0.4 is 10.0 Å². The molecule has 3 aromatic carbocycles. The van der Waals surface area contributed by atoms with Gasteiger partial charge in [-0.2, -0.15) is 0 Å². The summed E-state index contributed by atoms with van der Waals surface area (Å²) in [7, 11) is -4.31. The summed E-state index contributed by atoms with van der Waals surface area (Å²) in [4.78, 5) is 34.3. The number of rotatable bonds is 8. The van der Waals surface area contributed by atoms with Crippen LogP contribution in [0, 0.1) is 10.1 Å². The lowest BCUT2D eigenvalue weighted by atomic mass is 10.1. The number of nitrogens with one attached hydrogen (secondary N) is 2. The van der Waals surface area contributed by atoms with Crippen LogP contribution in [0.4, 0.5) is 17.1 Å². The highest BCUT2D eigenvalue weighted by atomic mass is 79.9. The Bertz CT molecular complexity index is 1400. The van der Waals surface area contributed by atoms with E-state index in [1.165, 1.54) is 30.3 Å². The lowest BCUT2D eigenvalue weighted by Gasteiger charge is -2.12. The summed E-state index contributed by atoms with van der Waals surface area (Å²) in [6, 6.07) is 12.9. The fourth-order valence-electron chi connectivity index (χ4n) is 2.85. The molecule has 0 saturated carbocycles. The van der Waals surface area contributed by atoms with Crippen molar-refractivity contribution in [3.63, 3.8) is 0 Å². The fourth-order valence-corrected chi connectivity index (χ4v) is 4.51. The number of aromatic carboxylic acids is 1. The Kier molecular flexibility index (Phi) is 7.54. The largest absolute Gasteiger partial charge is 0.478 e. The number of hydrogen-bond acceptors (Lipinski definition) is 6. The second-order valence-corrected chi connectivity index (χ2v) is 9.72. The van der Waals surface area contributed by atoms with E-state index in [0.29, 0.717) is 4.47 Å². The Balaban J connectivity index is 1.98. The van der Waals surface area contributed by atoms with Gasteiger partial charge in [-0.25, -0.2) is 13.2 Å². The van der Waals surface area contributed by atoms with Crippen LogP contribution in [0.1, 0.15) is 26.3 Å². The first-order valence-electron chi connectivity index (χ1n) is 9.31. The standard InChI is InChI=1S/C21H15BrClN3O7S/c22-14-3-6-19(18(9-14)21(28)29)24-20(27)13-7-16(26(30)31)10-17(8-13)34(32,33)25-15-4-1-12(11-23)2-5-15/h1-10,25H,11H2,(H,24,27)(H,28,29). The number of nitro benzene ring substituents is 1. The van der Waals surface area contributed by atoms with Gasteiger partial charge >= 0.3 is 5.97 Å². The molecule has 13 heteroatoms. The van der Waals surface area contributed by atoms with Crippen molar-refractivity contribution in [2.75, 3.05) is 10.0 Å². The number of carbonyl (C=O) groups is 2. The average molecular weight is 569 g/mol. The van der Waals surface area contributed by atoms with E-state index in [-0.39, 0.29) is 28.4 Å². The van der Waals surface area contributed by atoms with E-state index in [9.17, 15) is 33.2 Å². The number of amides is 1. The molecule has 0 saturated heterocycles. The molecule has 0 aromatic heterocycles. The third-order valence-electron chi connectivity index (χ3n) is 4.50. The molecule has 0 fully saturated rings. The van der Waals surface area contributed by atoms with Crippen LogP contribution in [0.2, 0.25) is 0 Å². The number of nitrogens with zero attached hydrogens (tertiary/aromatic N) is 1. The first kappa shape index (κ1) is 25.1. The van der Waals surface area contributed by atoms with Crippen molar-refractivity contribution in [1.82, 2.24) is 0 Å². The molecule has 0 heterocycles. The van der Waals surface area contributed by atoms with E-state index in [0.717, 1.165) is 23.8 Å². The van der Waals surface area contributed by atoms with Gasteiger partial charge in [-0.05, 0) is 42.0 Å². The number of non-ortho nitro benzene ring substituents is 1. The summed E-state index contributed by atoms with van der Waals surface area (Å²) < 4.78 is 28.5. The molecule has 0 unspecified atom stereocenters. The predicted molar refractivity (Wildman–Crippen MR) is 129 cm³/mol. The zero-order valence-electron chi connectivity index (χ0n) is 17.0. The zero-order valence-corrected chi connectivity index (χ0v) is 20.1. The molecular weight excluding hydrogens is 554 g/mol. The van der Waals surface area contributed by atoms with Gasteiger partial charge in [-0.3, -0.25) is 19.6 Å². The van der Waals surface area contributed by atoms with Crippen molar-refractivity contribution in [2.45, 2.75) is 10.8 Å². The molecule has 1 amide bonds. The maximum absolute atomic E-state index is 12.9. The molecule has 0 aliphatic carbocycles. The Labute approximate surface area is 206 Å². The molecule has 3 rings (SSSR count). The van der Waals surface area contributed by atoms with Crippen molar-refractivity contribution < 1.29 is 28.0 Å². The van der Waals surface area contributed by atoms with Gasteiger partial charge in [0.05, 0.1) is 21.1 Å². The number of anilines is 2. The molecule has 0 spiro atoms. The number of nitro groups is 1. The predicted octanol–water partition coefficient (Wildman–Crippen LogP) is 4.85. The van der Waals surface area contributed by atoms with Crippen molar-refractivity contribution in [3.05, 3.63) is 91.9 Å². The molecule has 3 N–H and O–H groups in total. The quantitative estimate of drug-likeness (QED) is 0.199. The second kappa shape index (κ2) is 10.2. The van der Waals surface area contributed by atoms with E-state index < -0.39 is 37.4 Å². The van der Waals surface area contributed by atoms with Gasteiger partial charge in [0.2, 0.25) is 0 Å². The number of sulfonamides is 1. The highest BCUT2D eigenvalue weighted by Gasteiger charge is 2.23. The van der Waals surface area contributed by atoms with Crippen LogP contribution in [-0.4, -0.2) is 30.3 Å². The number of benzene rings is 3. The molecule has 3 aromatic rings. The van der Waals surface area contributed by atoms with Crippen LogP contribution in [-0.2, 0) is 15.9 Å². The van der Waals surface area contributed by atoms with E-state index in [1.54, 1.807) is 12.1 Å². The van der Waals surface area contributed by atoms with Crippen LogP contribution in [0.15, 0.2) is 70.0 Å². The molecule has 0 aliphatic heterocycles. The highest BCUT2D eigenvalue weighted by molar-refractivity contribution is 9.10. The lowest BCUT2D eigenvalue weighted by molar-refractivity contribution is -0.385. The number of carboxylic acids is 1. The monoisotopic (exact) mass is 567 g/mol. The van der Waals surface area contributed by atoms with Gasteiger partial charge in [-0.1, -0.05) is 28.1 Å².